The summed E-state index contributed by atoms with van der Waals surface area (Å²) in [7, 11) is 0. The minimum atomic E-state index is 0.398. The van der Waals surface area contributed by atoms with Crippen molar-refractivity contribution in [3.05, 3.63) is 42.2 Å². The van der Waals surface area contributed by atoms with E-state index in [0.717, 1.165) is 46.2 Å². The Kier molecular flexibility index (Phi) is 3.65. The van der Waals surface area contributed by atoms with Crippen molar-refractivity contribution in [1.82, 2.24) is 20.3 Å². The van der Waals surface area contributed by atoms with E-state index in [1.54, 1.807) is 6.20 Å². The van der Waals surface area contributed by atoms with E-state index in [1.165, 1.54) is 0 Å². The van der Waals surface area contributed by atoms with Gasteiger partial charge < -0.3 is 9.84 Å². The summed E-state index contributed by atoms with van der Waals surface area (Å²) in [6.45, 7) is 4.37. The molecule has 4 rings (SSSR count). The number of pyridine rings is 1. The van der Waals surface area contributed by atoms with E-state index < -0.39 is 0 Å². The van der Waals surface area contributed by atoms with Crippen LogP contribution in [-0.4, -0.2) is 20.3 Å². The van der Waals surface area contributed by atoms with Crippen LogP contribution in [0.25, 0.3) is 22.0 Å². The van der Waals surface area contributed by atoms with Crippen molar-refractivity contribution in [3.63, 3.8) is 0 Å². The number of aromatic nitrogens is 4. The lowest BCUT2D eigenvalue weighted by Crippen LogP contribution is -1.94. The maximum Gasteiger partial charge on any atom is 0.178 e. The number of aromatic amines is 1. The molecule has 0 saturated carbocycles. The predicted molar refractivity (Wildman–Crippen MR) is 94.5 cm³/mol. The number of rotatable bonds is 5. The molecule has 6 nitrogen and oxygen atoms in total. The van der Waals surface area contributed by atoms with Crippen molar-refractivity contribution >= 4 is 33.5 Å². The third-order valence-corrected chi connectivity index (χ3v) is 4.27. The molecule has 24 heavy (non-hydrogen) atoms. The Morgan fingerprint density at radius 2 is 2.21 bits per heavy atom. The molecule has 0 spiro atoms. The number of hydrogen-bond acceptors (Lipinski definition) is 5. The summed E-state index contributed by atoms with van der Waals surface area (Å²) >= 11 is 0. The second-order valence-electron chi connectivity index (χ2n) is 6.07. The summed E-state index contributed by atoms with van der Waals surface area (Å²) in [5.41, 5.74) is 4.42. The maximum atomic E-state index is 5.53. The standard InChI is InChI=1S/C18H19N5O/c1-3-5-11(2)16-13-8-7-12(10-15(13)24-23-16)20-18-17-14(21-22-18)6-4-9-19-17/h4,6-11H,3,5H2,1-2H3,(H2,20,21,22). The van der Waals surface area contributed by atoms with Crippen molar-refractivity contribution in [1.29, 1.82) is 0 Å². The molecule has 0 radical (unpaired) electrons. The van der Waals surface area contributed by atoms with Crippen molar-refractivity contribution in [2.45, 2.75) is 32.6 Å². The summed E-state index contributed by atoms with van der Waals surface area (Å²) in [6.07, 6.45) is 3.99. The highest BCUT2D eigenvalue weighted by Gasteiger charge is 2.15. The first kappa shape index (κ1) is 14.7. The van der Waals surface area contributed by atoms with Gasteiger partial charge in [0.2, 0.25) is 0 Å². The topological polar surface area (TPSA) is 79.6 Å². The molecular formula is C18H19N5O. The molecular weight excluding hydrogens is 302 g/mol. The molecule has 0 aliphatic heterocycles. The minimum Gasteiger partial charge on any atom is -0.356 e. The zero-order valence-electron chi connectivity index (χ0n) is 13.7. The van der Waals surface area contributed by atoms with Gasteiger partial charge in [-0.25, -0.2) is 0 Å². The molecule has 1 unspecified atom stereocenters. The van der Waals surface area contributed by atoms with Crippen LogP contribution < -0.4 is 5.32 Å². The van der Waals surface area contributed by atoms with Gasteiger partial charge in [0.1, 0.15) is 5.52 Å². The van der Waals surface area contributed by atoms with Crippen LogP contribution in [0.2, 0.25) is 0 Å². The number of benzene rings is 1. The van der Waals surface area contributed by atoms with E-state index >= 15 is 0 Å². The molecule has 2 N–H and O–H groups in total. The fraction of sp³-hybridized carbons (Fsp3) is 0.278. The van der Waals surface area contributed by atoms with Gasteiger partial charge in [-0.1, -0.05) is 25.4 Å². The first-order valence-corrected chi connectivity index (χ1v) is 8.21. The van der Waals surface area contributed by atoms with E-state index in [2.05, 4.69) is 45.6 Å². The van der Waals surface area contributed by atoms with E-state index in [-0.39, 0.29) is 0 Å². The number of anilines is 2. The van der Waals surface area contributed by atoms with Gasteiger partial charge in [-0.05, 0) is 30.7 Å². The van der Waals surface area contributed by atoms with Gasteiger partial charge in [-0.3, -0.25) is 10.1 Å². The zero-order chi connectivity index (χ0) is 16.5. The van der Waals surface area contributed by atoms with Crippen LogP contribution in [0.15, 0.2) is 41.1 Å². The van der Waals surface area contributed by atoms with Gasteiger partial charge in [0.15, 0.2) is 11.4 Å². The van der Waals surface area contributed by atoms with Crippen LogP contribution in [0.3, 0.4) is 0 Å². The quantitative estimate of drug-likeness (QED) is 0.554. The number of nitrogens with one attached hydrogen (secondary N) is 2. The summed E-state index contributed by atoms with van der Waals surface area (Å²) < 4.78 is 5.53. The minimum absolute atomic E-state index is 0.398. The molecule has 0 aliphatic rings. The largest absolute Gasteiger partial charge is 0.356 e. The molecule has 0 bridgehead atoms. The smallest absolute Gasteiger partial charge is 0.178 e. The lowest BCUT2D eigenvalue weighted by molar-refractivity contribution is 0.436. The van der Waals surface area contributed by atoms with Gasteiger partial charge in [0.25, 0.3) is 0 Å². The summed E-state index contributed by atoms with van der Waals surface area (Å²) in [4.78, 5) is 4.36. The molecule has 3 heterocycles. The third-order valence-electron chi connectivity index (χ3n) is 4.27. The lowest BCUT2D eigenvalue weighted by atomic mass is 9.99. The number of hydrogen-bond donors (Lipinski definition) is 2. The highest BCUT2D eigenvalue weighted by molar-refractivity contribution is 5.89. The van der Waals surface area contributed by atoms with Gasteiger partial charge in [0, 0.05) is 29.3 Å². The van der Waals surface area contributed by atoms with Crippen LogP contribution in [0.1, 0.15) is 38.3 Å². The second-order valence-corrected chi connectivity index (χ2v) is 6.07. The normalized spacial score (nSPS) is 12.8. The highest BCUT2D eigenvalue weighted by Crippen LogP contribution is 2.30. The Balaban J connectivity index is 1.66. The van der Waals surface area contributed by atoms with E-state index in [4.69, 9.17) is 4.52 Å². The average Bonchev–Trinajstić information content (AvgIpc) is 3.19. The zero-order valence-corrected chi connectivity index (χ0v) is 13.7. The van der Waals surface area contributed by atoms with Crippen LogP contribution in [0.4, 0.5) is 11.5 Å². The molecule has 0 aliphatic carbocycles. The van der Waals surface area contributed by atoms with Crippen LogP contribution >= 0.6 is 0 Å². The Morgan fingerprint density at radius 3 is 3.08 bits per heavy atom. The fourth-order valence-corrected chi connectivity index (χ4v) is 3.04. The summed E-state index contributed by atoms with van der Waals surface area (Å²) in [5, 5.41) is 15.9. The van der Waals surface area contributed by atoms with E-state index in [1.807, 2.05) is 24.3 Å². The van der Waals surface area contributed by atoms with Crippen molar-refractivity contribution < 1.29 is 4.52 Å². The Bertz CT molecular complexity index is 987. The van der Waals surface area contributed by atoms with Crippen molar-refractivity contribution in [2.24, 2.45) is 0 Å². The van der Waals surface area contributed by atoms with Crippen LogP contribution in [0.5, 0.6) is 0 Å². The predicted octanol–water partition coefficient (Wildman–Crippen LogP) is 4.75. The molecule has 0 fully saturated rings. The maximum absolute atomic E-state index is 5.53. The van der Waals surface area contributed by atoms with Crippen LogP contribution in [0, 0.1) is 0 Å². The first-order valence-electron chi connectivity index (χ1n) is 8.21. The number of nitrogens with zero attached hydrogens (tertiary/aromatic N) is 3. The second kappa shape index (κ2) is 5.96. The number of fused-ring (bicyclic) bond motifs is 2. The first-order chi connectivity index (χ1) is 11.8. The molecule has 3 aromatic heterocycles. The number of H-pyrrole nitrogens is 1. The molecule has 0 amide bonds. The Hall–Kier alpha value is -2.89. The molecule has 0 saturated heterocycles. The SMILES string of the molecule is CCCC(C)c1noc2cc(Nc3n[nH]c4cccnc34)ccc12. The lowest BCUT2D eigenvalue weighted by Gasteiger charge is -2.06. The van der Waals surface area contributed by atoms with Crippen molar-refractivity contribution in [2.75, 3.05) is 5.32 Å². The van der Waals surface area contributed by atoms with Gasteiger partial charge in [0.05, 0.1) is 11.2 Å². The van der Waals surface area contributed by atoms with Gasteiger partial charge in [-0.2, -0.15) is 5.10 Å². The molecule has 1 aromatic carbocycles. The van der Waals surface area contributed by atoms with E-state index in [9.17, 15) is 0 Å². The Labute approximate surface area is 139 Å². The molecule has 6 heteroatoms. The van der Waals surface area contributed by atoms with E-state index in [0.29, 0.717) is 11.7 Å². The monoisotopic (exact) mass is 321 g/mol. The molecule has 4 aromatic rings. The molecule has 122 valence electrons. The van der Waals surface area contributed by atoms with Gasteiger partial charge in [-0.15, -0.1) is 0 Å². The Morgan fingerprint density at radius 1 is 1.29 bits per heavy atom. The summed E-state index contributed by atoms with van der Waals surface area (Å²) in [5.74, 6) is 1.10. The third kappa shape index (κ3) is 2.50. The van der Waals surface area contributed by atoms with Crippen molar-refractivity contribution in [3.8, 4) is 0 Å². The van der Waals surface area contributed by atoms with Crippen LogP contribution in [-0.2, 0) is 0 Å². The highest BCUT2D eigenvalue weighted by atomic mass is 16.5. The fourth-order valence-electron chi connectivity index (χ4n) is 3.04. The average molecular weight is 321 g/mol. The summed E-state index contributed by atoms with van der Waals surface area (Å²) in [6, 6.07) is 9.85. The van der Waals surface area contributed by atoms with Gasteiger partial charge >= 0.3 is 0 Å². The molecule has 1 atom stereocenters.